The number of urea groups is 1. The van der Waals surface area contributed by atoms with Crippen molar-refractivity contribution < 1.29 is 14.0 Å². The highest BCUT2D eigenvalue weighted by Crippen LogP contribution is 2.38. The lowest BCUT2D eigenvalue weighted by atomic mass is 9.73. The molecule has 1 saturated heterocycles. The minimum absolute atomic E-state index is 0.125. The van der Waals surface area contributed by atoms with Gasteiger partial charge in [0, 0.05) is 0 Å². The monoisotopic (exact) mass is 409 g/mol. The van der Waals surface area contributed by atoms with Crippen LogP contribution in [0.5, 0.6) is 0 Å². The van der Waals surface area contributed by atoms with Crippen LogP contribution in [0.3, 0.4) is 0 Å². The van der Waals surface area contributed by atoms with E-state index in [1.807, 2.05) is 42.3 Å². The van der Waals surface area contributed by atoms with Crippen LogP contribution in [0.25, 0.3) is 0 Å². The molecule has 6 heteroatoms. The lowest BCUT2D eigenvalue weighted by Crippen LogP contribution is -2.54. The van der Waals surface area contributed by atoms with Crippen molar-refractivity contribution in [1.29, 1.82) is 0 Å². The average Bonchev–Trinajstić information content (AvgIpc) is 2.97. The zero-order valence-corrected chi connectivity index (χ0v) is 17.5. The van der Waals surface area contributed by atoms with Crippen molar-refractivity contribution in [2.75, 3.05) is 13.7 Å². The van der Waals surface area contributed by atoms with E-state index >= 15 is 0 Å². The second-order valence-corrected chi connectivity index (χ2v) is 8.54. The zero-order chi connectivity index (χ0) is 21.3. The van der Waals surface area contributed by atoms with Crippen molar-refractivity contribution in [1.82, 2.24) is 15.1 Å². The van der Waals surface area contributed by atoms with Crippen molar-refractivity contribution >= 4 is 11.9 Å². The van der Waals surface area contributed by atoms with Crippen molar-refractivity contribution in [2.45, 2.75) is 44.2 Å². The Labute approximate surface area is 176 Å². The van der Waals surface area contributed by atoms with Gasteiger partial charge in [0.2, 0.25) is 0 Å². The summed E-state index contributed by atoms with van der Waals surface area (Å²) in [7, 11) is 1.89. The second kappa shape index (κ2) is 8.19. The van der Waals surface area contributed by atoms with E-state index in [1.54, 1.807) is 12.1 Å². The molecule has 30 heavy (non-hydrogen) atoms. The molecule has 3 amide bonds. The molecule has 3 atom stereocenters. The fourth-order valence-corrected chi connectivity index (χ4v) is 4.91. The van der Waals surface area contributed by atoms with Crippen LogP contribution < -0.4 is 5.32 Å². The van der Waals surface area contributed by atoms with Crippen LogP contribution in [0.2, 0.25) is 0 Å². The summed E-state index contributed by atoms with van der Waals surface area (Å²) < 4.78 is 13.5. The summed E-state index contributed by atoms with van der Waals surface area (Å²) in [5.74, 6) is -0.298. The first-order chi connectivity index (χ1) is 14.4. The predicted octanol–water partition coefficient (Wildman–Crippen LogP) is 4.31. The predicted molar refractivity (Wildman–Crippen MR) is 113 cm³/mol. The minimum Gasteiger partial charge on any atom is -0.323 e. The third-order valence-corrected chi connectivity index (χ3v) is 6.61. The summed E-state index contributed by atoms with van der Waals surface area (Å²) in [5, 5.41) is 3.01. The smallest absolute Gasteiger partial charge is 0.323 e. The van der Waals surface area contributed by atoms with Gasteiger partial charge in [-0.2, -0.15) is 0 Å². The molecular weight excluding hydrogens is 381 g/mol. The first-order valence-electron chi connectivity index (χ1n) is 10.6. The number of imide groups is 1. The molecule has 2 aliphatic rings. The molecule has 1 N–H and O–H groups in total. The first-order valence-corrected chi connectivity index (χ1v) is 10.6. The normalized spacial score (nSPS) is 25.1. The number of carbonyl (C=O) groups is 2. The van der Waals surface area contributed by atoms with Crippen LogP contribution >= 0.6 is 0 Å². The van der Waals surface area contributed by atoms with Gasteiger partial charge in [-0.15, -0.1) is 0 Å². The molecule has 1 aliphatic carbocycles. The van der Waals surface area contributed by atoms with Gasteiger partial charge in [-0.05, 0) is 49.1 Å². The van der Waals surface area contributed by atoms with Crippen LogP contribution in [0.4, 0.5) is 9.18 Å². The molecule has 1 aliphatic heterocycles. The minimum atomic E-state index is -0.770. The van der Waals surface area contributed by atoms with E-state index in [0.29, 0.717) is 6.42 Å². The van der Waals surface area contributed by atoms with Crippen molar-refractivity contribution in [3.05, 3.63) is 71.5 Å². The highest BCUT2D eigenvalue weighted by atomic mass is 19.1. The van der Waals surface area contributed by atoms with Crippen molar-refractivity contribution in [3.63, 3.8) is 0 Å². The molecule has 0 radical (unpaired) electrons. The SMILES string of the molecule is C[C@@H]1CCCC[C@]12NC(=O)N(CN(C)[C@@H](c1ccccc1)c1ccc(F)cc1)C2=O. The van der Waals surface area contributed by atoms with E-state index in [0.717, 1.165) is 30.4 Å². The van der Waals surface area contributed by atoms with E-state index in [1.165, 1.54) is 17.0 Å². The van der Waals surface area contributed by atoms with Crippen molar-refractivity contribution in [2.24, 2.45) is 5.92 Å². The Hall–Kier alpha value is -2.73. The summed E-state index contributed by atoms with van der Waals surface area (Å²) in [6.07, 6.45) is 3.67. The Morgan fingerprint density at radius 3 is 2.43 bits per heavy atom. The van der Waals surface area contributed by atoms with Crippen LogP contribution in [0.1, 0.15) is 49.8 Å². The number of hydrogen-bond donors (Lipinski definition) is 1. The van der Waals surface area contributed by atoms with Gasteiger partial charge in [0.25, 0.3) is 5.91 Å². The quantitative estimate of drug-likeness (QED) is 0.749. The van der Waals surface area contributed by atoms with Crippen LogP contribution in [-0.2, 0) is 4.79 Å². The number of nitrogens with zero attached hydrogens (tertiary/aromatic N) is 2. The van der Waals surface area contributed by atoms with Gasteiger partial charge in [-0.1, -0.05) is 62.2 Å². The number of amides is 3. The number of halogens is 1. The van der Waals surface area contributed by atoms with Gasteiger partial charge < -0.3 is 5.32 Å². The van der Waals surface area contributed by atoms with E-state index in [2.05, 4.69) is 12.2 Å². The maximum atomic E-state index is 13.5. The number of nitrogens with one attached hydrogen (secondary N) is 1. The van der Waals surface area contributed by atoms with Gasteiger partial charge in [0.1, 0.15) is 11.4 Å². The highest BCUT2D eigenvalue weighted by molar-refractivity contribution is 6.07. The number of rotatable bonds is 5. The molecule has 2 fully saturated rings. The Morgan fingerprint density at radius 1 is 1.10 bits per heavy atom. The molecular formula is C24H28FN3O2. The van der Waals surface area contributed by atoms with Gasteiger partial charge in [-0.3, -0.25) is 9.69 Å². The largest absolute Gasteiger partial charge is 0.326 e. The summed E-state index contributed by atoms with van der Waals surface area (Å²) in [4.78, 5) is 29.4. The van der Waals surface area contributed by atoms with Crippen LogP contribution in [-0.4, -0.2) is 41.0 Å². The molecule has 0 bridgehead atoms. The molecule has 5 nitrogen and oxygen atoms in total. The molecule has 0 unspecified atom stereocenters. The molecule has 0 aromatic heterocycles. The lowest BCUT2D eigenvalue weighted by molar-refractivity contribution is -0.135. The van der Waals surface area contributed by atoms with E-state index < -0.39 is 5.54 Å². The van der Waals surface area contributed by atoms with Crippen LogP contribution in [0.15, 0.2) is 54.6 Å². The molecule has 158 valence electrons. The van der Waals surface area contributed by atoms with Crippen LogP contribution in [0, 0.1) is 11.7 Å². The molecule has 2 aromatic rings. The number of benzene rings is 2. The Balaban J connectivity index is 1.61. The van der Waals surface area contributed by atoms with Gasteiger partial charge in [-0.25, -0.2) is 14.1 Å². The number of hydrogen-bond acceptors (Lipinski definition) is 3. The average molecular weight is 410 g/mol. The summed E-state index contributed by atoms with van der Waals surface area (Å²) >= 11 is 0. The standard InChI is InChI=1S/C24H28FN3O2/c1-17-8-6-7-15-24(17)22(29)28(23(30)26-24)16-27(2)21(18-9-4-3-5-10-18)19-11-13-20(25)14-12-19/h3-5,9-14,17,21H,6-8,15-16H2,1-2H3,(H,26,30)/t17-,21+,24+/m1/s1. The summed E-state index contributed by atoms with van der Waals surface area (Å²) in [5.41, 5.74) is 1.14. The molecule has 4 rings (SSSR count). The number of carbonyl (C=O) groups excluding carboxylic acids is 2. The molecule has 2 aromatic carbocycles. The highest BCUT2D eigenvalue weighted by Gasteiger charge is 2.55. The Bertz CT molecular complexity index is 918. The topological polar surface area (TPSA) is 52.7 Å². The Kier molecular flexibility index (Phi) is 5.60. The zero-order valence-electron chi connectivity index (χ0n) is 17.5. The van der Waals surface area contributed by atoms with E-state index in [9.17, 15) is 14.0 Å². The molecule has 1 saturated carbocycles. The molecule has 1 heterocycles. The maximum absolute atomic E-state index is 13.5. The van der Waals surface area contributed by atoms with Gasteiger partial charge in [0.15, 0.2) is 0 Å². The third-order valence-electron chi connectivity index (χ3n) is 6.61. The van der Waals surface area contributed by atoms with Gasteiger partial charge >= 0.3 is 6.03 Å². The lowest BCUT2D eigenvalue weighted by Gasteiger charge is -2.37. The fraction of sp³-hybridized carbons (Fsp3) is 0.417. The van der Waals surface area contributed by atoms with E-state index in [4.69, 9.17) is 0 Å². The first kappa shape index (κ1) is 20.5. The van der Waals surface area contributed by atoms with Gasteiger partial charge in [0.05, 0.1) is 12.7 Å². The summed E-state index contributed by atoms with van der Waals surface area (Å²) in [6, 6.07) is 15.7. The fourth-order valence-electron chi connectivity index (χ4n) is 4.91. The molecule has 1 spiro atoms. The third kappa shape index (κ3) is 3.60. The van der Waals surface area contributed by atoms with E-state index in [-0.39, 0.29) is 36.4 Å². The second-order valence-electron chi connectivity index (χ2n) is 8.54. The maximum Gasteiger partial charge on any atom is 0.326 e. The summed E-state index contributed by atoms with van der Waals surface area (Å²) in [6.45, 7) is 2.21. The van der Waals surface area contributed by atoms with Crippen molar-refractivity contribution in [3.8, 4) is 0 Å². The Morgan fingerprint density at radius 2 is 1.77 bits per heavy atom.